The highest BCUT2D eigenvalue weighted by molar-refractivity contribution is 6.36. The first-order valence-electron chi connectivity index (χ1n) is 7.52. The van der Waals surface area contributed by atoms with E-state index in [4.69, 9.17) is 33.7 Å². The Balaban J connectivity index is 1.97. The van der Waals surface area contributed by atoms with E-state index in [1.54, 1.807) is 43.3 Å². The number of ether oxygens (including phenoxy) is 1. The summed E-state index contributed by atoms with van der Waals surface area (Å²) in [6.07, 6.45) is 4.17. The summed E-state index contributed by atoms with van der Waals surface area (Å²) in [7, 11) is 1.79. The summed E-state index contributed by atoms with van der Waals surface area (Å²) in [4.78, 5) is 4.09. The number of pyridine rings is 1. The largest absolute Gasteiger partial charge is 0.482 e. The maximum absolute atomic E-state index is 13.8. The van der Waals surface area contributed by atoms with Gasteiger partial charge in [-0.05, 0) is 13.0 Å². The molecule has 0 spiro atoms. The molecule has 0 amide bonds. The van der Waals surface area contributed by atoms with Crippen molar-refractivity contribution in [2.45, 2.75) is 13.0 Å². The molecule has 2 heterocycles. The summed E-state index contributed by atoms with van der Waals surface area (Å²) in [5, 5.41) is 3.48. The van der Waals surface area contributed by atoms with Gasteiger partial charge >= 0.3 is 0 Å². The summed E-state index contributed by atoms with van der Waals surface area (Å²) in [5.74, 6) is -1.49. The van der Waals surface area contributed by atoms with E-state index in [0.717, 1.165) is 11.1 Å². The lowest BCUT2D eigenvalue weighted by Crippen LogP contribution is -2.09. The molecule has 0 aliphatic heterocycles. The zero-order valence-electron chi connectivity index (χ0n) is 13.8. The molecule has 0 aliphatic rings. The van der Waals surface area contributed by atoms with Crippen molar-refractivity contribution < 1.29 is 13.5 Å². The Morgan fingerprint density at radius 2 is 1.77 bits per heavy atom. The van der Waals surface area contributed by atoms with Crippen molar-refractivity contribution in [2.75, 3.05) is 5.73 Å². The van der Waals surface area contributed by atoms with Gasteiger partial charge in [0.25, 0.3) is 0 Å². The van der Waals surface area contributed by atoms with Crippen LogP contribution < -0.4 is 10.5 Å². The van der Waals surface area contributed by atoms with E-state index in [1.165, 1.54) is 0 Å². The quantitative estimate of drug-likeness (QED) is 0.641. The first kappa shape index (κ1) is 18.4. The van der Waals surface area contributed by atoms with Crippen LogP contribution in [0.2, 0.25) is 10.0 Å². The van der Waals surface area contributed by atoms with E-state index in [1.807, 2.05) is 0 Å². The normalized spacial score (nSPS) is 12.2. The highest BCUT2D eigenvalue weighted by Crippen LogP contribution is 2.38. The summed E-state index contributed by atoms with van der Waals surface area (Å²) < 4.78 is 34.9. The van der Waals surface area contributed by atoms with Crippen molar-refractivity contribution in [3.63, 3.8) is 0 Å². The van der Waals surface area contributed by atoms with Crippen LogP contribution in [0, 0.1) is 11.6 Å². The van der Waals surface area contributed by atoms with Crippen LogP contribution >= 0.6 is 23.2 Å². The number of aryl methyl sites for hydroxylation is 1. The number of nitrogen functional groups attached to an aromatic ring is 1. The van der Waals surface area contributed by atoms with Crippen LogP contribution in [-0.2, 0) is 7.05 Å². The van der Waals surface area contributed by atoms with Crippen molar-refractivity contribution >= 4 is 29.0 Å². The topological polar surface area (TPSA) is 66.0 Å². The zero-order chi connectivity index (χ0) is 19.0. The molecule has 3 aromatic rings. The second-order valence-corrected chi connectivity index (χ2v) is 6.41. The van der Waals surface area contributed by atoms with E-state index in [0.29, 0.717) is 6.07 Å². The molecule has 26 heavy (non-hydrogen) atoms. The number of benzene rings is 1. The van der Waals surface area contributed by atoms with Gasteiger partial charge in [-0.15, -0.1) is 0 Å². The maximum Gasteiger partial charge on any atom is 0.166 e. The van der Waals surface area contributed by atoms with Crippen LogP contribution in [0.25, 0.3) is 11.1 Å². The lowest BCUT2D eigenvalue weighted by atomic mass is 10.1. The highest BCUT2D eigenvalue weighted by Gasteiger charge is 2.23. The Hall–Kier alpha value is -2.38. The molecule has 0 fully saturated rings. The van der Waals surface area contributed by atoms with Crippen LogP contribution in [-0.4, -0.2) is 14.8 Å². The third-order valence-electron chi connectivity index (χ3n) is 3.78. The lowest BCUT2D eigenvalue weighted by molar-refractivity contribution is 0.227. The van der Waals surface area contributed by atoms with Gasteiger partial charge in [0.05, 0.1) is 16.2 Å². The van der Waals surface area contributed by atoms with Gasteiger partial charge in [0.15, 0.2) is 11.6 Å². The lowest BCUT2D eigenvalue weighted by Gasteiger charge is -2.19. The third-order valence-corrected chi connectivity index (χ3v) is 4.54. The van der Waals surface area contributed by atoms with Crippen molar-refractivity contribution in [3.05, 3.63) is 58.0 Å². The number of rotatable bonds is 4. The molecule has 1 atom stereocenters. The summed E-state index contributed by atoms with van der Waals surface area (Å²) >= 11 is 11.9. The molecule has 2 N–H and O–H groups in total. The molecule has 3 rings (SSSR count). The van der Waals surface area contributed by atoms with Gasteiger partial charge in [-0.25, -0.2) is 13.8 Å². The molecule has 0 saturated heterocycles. The van der Waals surface area contributed by atoms with Gasteiger partial charge in [-0.2, -0.15) is 5.10 Å². The second-order valence-electron chi connectivity index (χ2n) is 5.65. The van der Waals surface area contributed by atoms with E-state index in [-0.39, 0.29) is 27.2 Å². The summed E-state index contributed by atoms with van der Waals surface area (Å²) in [6, 6.07) is 2.28. The van der Waals surface area contributed by atoms with Crippen molar-refractivity contribution in [1.82, 2.24) is 14.8 Å². The van der Waals surface area contributed by atoms with Crippen LogP contribution in [0.1, 0.15) is 18.6 Å². The average Bonchev–Trinajstić information content (AvgIpc) is 3.02. The molecule has 0 saturated carbocycles. The predicted octanol–water partition coefficient (Wildman–Crippen LogP) is 4.79. The Labute approximate surface area is 158 Å². The van der Waals surface area contributed by atoms with Gasteiger partial charge in [0.2, 0.25) is 0 Å². The molecule has 9 heteroatoms. The third kappa shape index (κ3) is 3.45. The fraction of sp³-hybridized carbons (Fsp3) is 0.176. The van der Waals surface area contributed by atoms with Crippen molar-refractivity contribution in [2.24, 2.45) is 7.05 Å². The molecule has 0 aliphatic carbocycles. The standard InChI is InChI=1S/C17H14Cl2F2N4O/c1-8(14-15(18)11(20)4-12(21)16(14)19)26-13-3-9(5-23-17(13)22)10-6-24-25(2)7-10/h3-8H,1-2H3,(H2,22,23). The number of halogens is 4. The van der Waals surface area contributed by atoms with Crippen molar-refractivity contribution in [3.8, 4) is 16.9 Å². The molecule has 0 radical (unpaired) electrons. The number of hydrogen-bond donors (Lipinski definition) is 1. The van der Waals surface area contributed by atoms with Gasteiger partial charge in [-0.3, -0.25) is 4.68 Å². The molecular weight excluding hydrogens is 385 g/mol. The van der Waals surface area contributed by atoms with Gasteiger partial charge in [0.1, 0.15) is 17.7 Å². The molecular formula is C17H14Cl2F2N4O. The maximum atomic E-state index is 13.8. The monoisotopic (exact) mass is 398 g/mol. The number of anilines is 1. The number of hydrogen-bond acceptors (Lipinski definition) is 4. The Bertz CT molecular complexity index is 951. The highest BCUT2D eigenvalue weighted by atomic mass is 35.5. The number of aromatic nitrogens is 3. The van der Waals surface area contributed by atoms with Crippen LogP contribution in [0.4, 0.5) is 14.6 Å². The fourth-order valence-electron chi connectivity index (χ4n) is 2.48. The molecule has 5 nitrogen and oxygen atoms in total. The van der Waals surface area contributed by atoms with Crippen LogP contribution in [0.3, 0.4) is 0 Å². The van der Waals surface area contributed by atoms with Gasteiger partial charge in [0, 0.05) is 42.2 Å². The second kappa shape index (κ2) is 7.09. The van der Waals surface area contributed by atoms with E-state index < -0.39 is 17.7 Å². The number of nitrogens with zero attached hydrogens (tertiary/aromatic N) is 3. The molecule has 2 aromatic heterocycles. The summed E-state index contributed by atoms with van der Waals surface area (Å²) in [6.45, 7) is 1.56. The Kier molecular flexibility index (Phi) is 5.02. The van der Waals surface area contributed by atoms with Gasteiger partial charge < -0.3 is 10.5 Å². The summed E-state index contributed by atoms with van der Waals surface area (Å²) in [5.41, 5.74) is 7.39. The molecule has 1 aromatic carbocycles. The number of nitrogens with two attached hydrogens (primary N) is 1. The molecule has 1 unspecified atom stereocenters. The van der Waals surface area contributed by atoms with E-state index >= 15 is 0 Å². The van der Waals surface area contributed by atoms with Crippen LogP contribution in [0.5, 0.6) is 5.75 Å². The van der Waals surface area contributed by atoms with Gasteiger partial charge in [-0.1, -0.05) is 23.2 Å². The zero-order valence-corrected chi connectivity index (χ0v) is 15.3. The minimum absolute atomic E-state index is 0.00276. The molecule has 0 bridgehead atoms. The Morgan fingerprint density at radius 1 is 1.12 bits per heavy atom. The molecule has 136 valence electrons. The van der Waals surface area contributed by atoms with E-state index in [2.05, 4.69) is 10.1 Å². The SMILES string of the molecule is CC(Oc1cc(-c2cnn(C)c2)cnc1N)c1c(Cl)c(F)cc(F)c1Cl. The van der Waals surface area contributed by atoms with Crippen molar-refractivity contribution in [1.29, 1.82) is 0 Å². The smallest absolute Gasteiger partial charge is 0.166 e. The van der Waals surface area contributed by atoms with E-state index in [9.17, 15) is 8.78 Å². The first-order chi connectivity index (χ1) is 12.3. The fourth-order valence-corrected chi connectivity index (χ4v) is 3.13. The van der Waals surface area contributed by atoms with Crippen LogP contribution in [0.15, 0.2) is 30.7 Å². The Morgan fingerprint density at radius 3 is 2.35 bits per heavy atom. The minimum Gasteiger partial charge on any atom is -0.482 e. The average molecular weight is 399 g/mol. The minimum atomic E-state index is -0.922. The predicted molar refractivity (Wildman–Crippen MR) is 96.3 cm³/mol. The first-order valence-corrected chi connectivity index (χ1v) is 8.27.